The van der Waals surface area contributed by atoms with Crippen LogP contribution in [0.15, 0.2) is 53.9 Å². The normalized spacial score (nSPS) is 10.1. The molecule has 7 heteroatoms. The van der Waals surface area contributed by atoms with Crippen molar-refractivity contribution in [2.45, 2.75) is 6.42 Å². The van der Waals surface area contributed by atoms with Gasteiger partial charge in [0.15, 0.2) is 17.3 Å². The molecule has 0 aliphatic heterocycles. The quantitative estimate of drug-likeness (QED) is 0.222. The number of nitrogens with one attached hydrogen (secondary N) is 1. The third-order valence-electron chi connectivity index (χ3n) is 2.42. The molecule has 2 aromatic heterocycles. The molecule has 2 heterocycles. The first-order valence-electron chi connectivity index (χ1n) is 6.19. The summed E-state index contributed by atoms with van der Waals surface area (Å²) in [6.07, 6.45) is 5.88. The zero-order chi connectivity index (χ0) is 14.0. The zero-order valence-corrected chi connectivity index (χ0v) is 13.0. The van der Waals surface area contributed by atoms with Gasteiger partial charge in [-0.1, -0.05) is 12.1 Å². The number of hydrogen-bond acceptors (Lipinski definition) is 3. The predicted molar refractivity (Wildman–Crippen MR) is 84.9 cm³/mol. The van der Waals surface area contributed by atoms with Gasteiger partial charge in [0, 0.05) is 37.3 Å². The van der Waals surface area contributed by atoms with Gasteiger partial charge in [0.1, 0.15) is 0 Å². The second kappa shape index (κ2) is 10.1. The van der Waals surface area contributed by atoms with E-state index in [9.17, 15) is 0 Å². The molecule has 1 N–H and O–H groups in total. The Hall–Kier alpha value is -1.66. The van der Waals surface area contributed by atoms with Gasteiger partial charge in [0.25, 0.3) is 0 Å². The van der Waals surface area contributed by atoms with Crippen molar-refractivity contribution >= 4 is 23.5 Å². The molecule has 21 heavy (non-hydrogen) atoms. The molecule has 5 nitrogen and oxygen atoms in total. The van der Waals surface area contributed by atoms with E-state index in [-0.39, 0.29) is 17.1 Å². The SMILES string of the molecule is [Cu+2].[SH+]=C([N-]N=Cc1ccccn1)NCCc1ccccn1. The van der Waals surface area contributed by atoms with Crippen LogP contribution in [0, 0.1) is 0 Å². The van der Waals surface area contributed by atoms with Crippen molar-refractivity contribution in [2.75, 3.05) is 6.54 Å². The van der Waals surface area contributed by atoms with E-state index < -0.39 is 0 Å². The van der Waals surface area contributed by atoms with Gasteiger partial charge in [0.2, 0.25) is 0 Å². The predicted octanol–water partition coefficient (Wildman–Crippen LogP) is 1.38. The minimum Gasteiger partial charge on any atom is -0.515 e. The molecule has 0 bridgehead atoms. The maximum absolute atomic E-state index is 4.23. The van der Waals surface area contributed by atoms with Crippen molar-refractivity contribution in [1.82, 2.24) is 15.3 Å². The summed E-state index contributed by atoms with van der Waals surface area (Å²) in [7, 11) is 0. The first kappa shape index (κ1) is 17.4. The van der Waals surface area contributed by atoms with Crippen LogP contribution in [0.5, 0.6) is 0 Å². The molecule has 0 spiro atoms. The second-order valence-electron chi connectivity index (χ2n) is 3.92. The Morgan fingerprint density at radius 3 is 2.62 bits per heavy atom. The number of nitrogens with zero attached hydrogens (tertiary/aromatic N) is 4. The standard InChI is InChI=1S/C14H15N5S.Cu/c20-14(17-10-7-12-5-1-3-8-15-12)19-18-11-13-6-2-4-9-16-13;/h1-6,8-9,11H,7,10H2,(H2,16,17,19,20);/q;+2. The van der Waals surface area contributed by atoms with E-state index in [1.54, 1.807) is 18.6 Å². The largest absolute Gasteiger partial charge is 2.00 e. The Labute approximate surface area is 139 Å². The van der Waals surface area contributed by atoms with E-state index in [1.807, 2.05) is 36.4 Å². The van der Waals surface area contributed by atoms with Crippen molar-refractivity contribution in [3.63, 3.8) is 0 Å². The van der Waals surface area contributed by atoms with Crippen LogP contribution in [-0.4, -0.2) is 27.8 Å². The summed E-state index contributed by atoms with van der Waals surface area (Å²) in [5.74, 6) is 0. The fourth-order valence-corrected chi connectivity index (χ4v) is 1.64. The van der Waals surface area contributed by atoms with Crippen LogP contribution in [0.4, 0.5) is 0 Å². The van der Waals surface area contributed by atoms with Crippen molar-refractivity contribution in [3.8, 4) is 0 Å². The molecule has 0 fully saturated rings. The molecule has 1 radical (unpaired) electrons. The van der Waals surface area contributed by atoms with E-state index in [0.29, 0.717) is 11.7 Å². The fourth-order valence-electron chi connectivity index (χ4n) is 1.48. The van der Waals surface area contributed by atoms with Gasteiger partial charge in [0.05, 0.1) is 5.69 Å². The minimum atomic E-state index is 0. The van der Waals surface area contributed by atoms with Crippen LogP contribution >= 0.6 is 0 Å². The van der Waals surface area contributed by atoms with Gasteiger partial charge in [-0.15, -0.1) is 0 Å². The minimum absolute atomic E-state index is 0. The smallest absolute Gasteiger partial charge is 0.515 e. The van der Waals surface area contributed by atoms with Crippen molar-refractivity contribution in [1.29, 1.82) is 0 Å². The van der Waals surface area contributed by atoms with Gasteiger partial charge in [-0.25, -0.2) is 0 Å². The average molecular weight is 349 g/mol. The van der Waals surface area contributed by atoms with Gasteiger partial charge < -0.3 is 10.5 Å². The van der Waals surface area contributed by atoms with Gasteiger partial charge in [-0.2, -0.15) is 0 Å². The summed E-state index contributed by atoms with van der Waals surface area (Å²) in [4.78, 5) is 8.34. The van der Waals surface area contributed by atoms with E-state index in [0.717, 1.165) is 17.8 Å². The maximum Gasteiger partial charge on any atom is 2.00 e. The summed E-state index contributed by atoms with van der Waals surface area (Å²) in [6, 6.07) is 11.4. The molecular weight excluding hydrogens is 334 g/mol. The molecule has 0 amide bonds. The summed E-state index contributed by atoms with van der Waals surface area (Å²) >= 11 is 4.21. The van der Waals surface area contributed by atoms with Gasteiger partial charge >= 0.3 is 17.1 Å². The number of pyridine rings is 2. The third-order valence-corrected chi connectivity index (χ3v) is 2.67. The third kappa shape index (κ3) is 7.06. The van der Waals surface area contributed by atoms with E-state index >= 15 is 0 Å². The molecule has 2 aromatic rings. The molecule has 0 saturated heterocycles. The van der Waals surface area contributed by atoms with Crippen LogP contribution in [0.1, 0.15) is 11.4 Å². The molecule has 0 unspecified atom stereocenters. The molecule has 0 saturated carbocycles. The zero-order valence-electron chi connectivity index (χ0n) is 11.1. The van der Waals surface area contributed by atoms with Crippen LogP contribution in [-0.2, 0) is 35.7 Å². The van der Waals surface area contributed by atoms with E-state index in [1.165, 1.54) is 0 Å². The monoisotopic (exact) mass is 348 g/mol. The van der Waals surface area contributed by atoms with Crippen LogP contribution < -0.4 is 5.32 Å². The van der Waals surface area contributed by atoms with Gasteiger partial charge in [-0.05, 0) is 24.3 Å². The summed E-state index contributed by atoms with van der Waals surface area (Å²) in [5.41, 5.74) is 5.71. The molecule has 0 aliphatic carbocycles. The molecule has 0 aromatic carbocycles. The summed E-state index contributed by atoms with van der Waals surface area (Å²) < 4.78 is 0. The molecular formula is C14H15CuN5S+2. The Bertz CT molecular complexity index is 562. The Kier molecular flexibility index (Phi) is 8.38. The topological polar surface area (TPSA) is 64.3 Å². The van der Waals surface area contributed by atoms with Crippen molar-refractivity contribution in [3.05, 3.63) is 65.6 Å². The summed E-state index contributed by atoms with van der Waals surface area (Å²) in [6.45, 7) is 0.707. The maximum atomic E-state index is 4.23. The van der Waals surface area contributed by atoms with E-state index in [2.05, 4.69) is 38.0 Å². The number of thiol groups is 1. The molecule has 2 rings (SSSR count). The second-order valence-corrected chi connectivity index (χ2v) is 4.34. The Balaban J connectivity index is 0.00000220. The Morgan fingerprint density at radius 1 is 1.19 bits per heavy atom. The average Bonchev–Trinajstić information content (AvgIpc) is 2.49. The number of rotatable bonds is 5. The molecule has 0 aliphatic rings. The first-order chi connectivity index (χ1) is 9.84. The van der Waals surface area contributed by atoms with E-state index in [4.69, 9.17) is 0 Å². The van der Waals surface area contributed by atoms with Crippen LogP contribution in [0.2, 0.25) is 0 Å². The fraction of sp³-hybridized carbons (Fsp3) is 0.143. The van der Waals surface area contributed by atoms with Crippen molar-refractivity contribution in [2.24, 2.45) is 5.10 Å². The number of hydrogen-bond donors (Lipinski definition) is 1. The molecule has 111 valence electrons. The van der Waals surface area contributed by atoms with Crippen LogP contribution in [0.3, 0.4) is 0 Å². The Morgan fingerprint density at radius 2 is 1.95 bits per heavy atom. The number of aromatic nitrogens is 2. The summed E-state index contributed by atoms with van der Waals surface area (Å²) in [5, 5.41) is 7.44. The molecule has 0 atom stereocenters. The van der Waals surface area contributed by atoms with Crippen molar-refractivity contribution < 1.29 is 17.1 Å². The van der Waals surface area contributed by atoms with Gasteiger partial charge in [-0.3, -0.25) is 15.3 Å². The van der Waals surface area contributed by atoms with Crippen LogP contribution in [0.25, 0.3) is 5.43 Å². The first-order valence-corrected chi connectivity index (χ1v) is 6.64.